The van der Waals surface area contributed by atoms with Gasteiger partial charge in [0.2, 0.25) is 0 Å². The summed E-state index contributed by atoms with van der Waals surface area (Å²) < 4.78 is 31.9. The highest BCUT2D eigenvalue weighted by molar-refractivity contribution is 7.79. The predicted octanol–water partition coefficient (Wildman–Crippen LogP) is 2.79. The number of hydrogen-bond donors (Lipinski definition) is 2. The lowest BCUT2D eigenvalue weighted by atomic mass is 9.93. The molecule has 0 saturated carbocycles. The number of ether oxygens (including phenoxy) is 2. The zero-order valence-corrected chi connectivity index (χ0v) is 14.5. The van der Waals surface area contributed by atoms with Crippen LogP contribution in [0.5, 0.6) is 5.75 Å². The number of nitrogens with two attached hydrogens (primary N) is 1. The summed E-state index contributed by atoms with van der Waals surface area (Å²) in [5.41, 5.74) is 6.64. The molecule has 132 valence electrons. The van der Waals surface area contributed by atoms with E-state index in [1.165, 1.54) is 0 Å². The number of rotatable bonds is 4. The lowest BCUT2D eigenvalue weighted by Gasteiger charge is -2.35. The molecule has 0 bridgehead atoms. The average Bonchev–Trinajstić information content (AvgIpc) is 2.59. The van der Waals surface area contributed by atoms with Crippen molar-refractivity contribution < 1.29 is 23.0 Å². The molecule has 0 saturated heterocycles. The van der Waals surface area contributed by atoms with Gasteiger partial charge < -0.3 is 19.8 Å². The zero-order valence-electron chi connectivity index (χ0n) is 13.7. The maximum atomic E-state index is 12.1. The van der Waals surface area contributed by atoms with Crippen molar-refractivity contribution in [3.05, 3.63) is 53.6 Å². The Morgan fingerprint density at radius 2 is 2.08 bits per heavy atom. The van der Waals surface area contributed by atoms with Gasteiger partial charge in [0.15, 0.2) is 11.1 Å². The first kappa shape index (κ1) is 17.4. The van der Waals surface area contributed by atoms with Crippen LogP contribution < -0.4 is 10.5 Å². The highest BCUT2D eigenvalue weighted by Crippen LogP contribution is 2.37. The summed E-state index contributed by atoms with van der Waals surface area (Å²) in [5.74, 6) is 0.151. The van der Waals surface area contributed by atoms with Gasteiger partial charge in [-0.25, -0.2) is 9.00 Å². The largest absolute Gasteiger partial charge is 0.484 e. The van der Waals surface area contributed by atoms with Crippen molar-refractivity contribution in [2.75, 3.05) is 12.3 Å². The van der Waals surface area contributed by atoms with Crippen molar-refractivity contribution in [3.63, 3.8) is 0 Å². The van der Waals surface area contributed by atoms with Gasteiger partial charge in [-0.2, -0.15) is 0 Å². The second-order valence-electron chi connectivity index (χ2n) is 6.24. The number of nitrogen functional groups attached to an aromatic ring is 1. The molecule has 2 aromatic carbocycles. The standard InChI is InChI=1S/C18H19NO5S/c1-18(11-23-17(20)12-5-3-2-4-6-12)8-7-13-9-16(25(21)22)14(19)10-15(13)24-18/h2-6,9-10H,7-8,11,19H2,1H3,(H,21,22). The van der Waals surface area contributed by atoms with Crippen LogP contribution in [0.1, 0.15) is 29.3 Å². The Morgan fingerprint density at radius 1 is 1.36 bits per heavy atom. The normalized spacial score (nSPS) is 20.2. The number of aryl methyl sites for hydroxylation is 1. The van der Waals surface area contributed by atoms with E-state index in [9.17, 15) is 13.6 Å². The van der Waals surface area contributed by atoms with Gasteiger partial charge in [0, 0.05) is 6.07 Å². The number of benzene rings is 2. The van der Waals surface area contributed by atoms with Crippen LogP contribution in [0.15, 0.2) is 47.4 Å². The van der Waals surface area contributed by atoms with E-state index >= 15 is 0 Å². The molecule has 0 spiro atoms. The monoisotopic (exact) mass is 361 g/mol. The van der Waals surface area contributed by atoms with Gasteiger partial charge in [0.05, 0.1) is 16.1 Å². The SMILES string of the molecule is CC1(COC(=O)c2ccccc2)CCc2cc(S(=O)O)c(N)cc2O1. The lowest BCUT2D eigenvalue weighted by molar-refractivity contribution is -0.0159. The van der Waals surface area contributed by atoms with Crippen LogP contribution >= 0.6 is 0 Å². The van der Waals surface area contributed by atoms with E-state index in [1.54, 1.807) is 36.4 Å². The molecule has 0 aromatic heterocycles. The van der Waals surface area contributed by atoms with Crippen molar-refractivity contribution in [1.29, 1.82) is 0 Å². The van der Waals surface area contributed by atoms with Gasteiger partial charge in [0.25, 0.3) is 0 Å². The van der Waals surface area contributed by atoms with E-state index in [4.69, 9.17) is 15.2 Å². The molecule has 6 nitrogen and oxygen atoms in total. The number of fused-ring (bicyclic) bond motifs is 1. The second kappa shape index (κ2) is 6.85. The molecule has 0 fully saturated rings. The topological polar surface area (TPSA) is 98.9 Å². The fraction of sp³-hybridized carbons (Fsp3) is 0.278. The van der Waals surface area contributed by atoms with E-state index in [-0.39, 0.29) is 17.2 Å². The lowest BCUT2D eigenvalue weighted by Crippen LogP contribution is -2.41. The Balaban J connectivity index is 1.71. The summed E-state index contributed by atoms with van der Waals surface area (Å²) in [4.78, 5) is 12.3. The molecule has 1 heterocycles. The van der Waals surface area contributed by atoms with Gasteiger partial charge in [0.1, 0.15) is 18.0 Å². The highest BCUT2D eigenvalue weighted by atomic mass is 32.2. The average molecular weight is 361 g/mol. The quantitative estimate of drug-likeness (QED) is 0.494. The smallest absolute Gasteiger partial charge is 0.338 e. The van der Waals surface area contributed by atoms with Gasteiger partial charge in [-0.15, -0.1) is 0 Å². The number of anilines is 1. The summed E-state index contributed by atoms with van der Waals surface area (Å²) in [7, 11) is 0. The number of esters is 1. The molecule has 3 N–H and O–H groups in total. The van der Waals surface area contributed by atoms with Crippen molar-refractivity contribution in [1.82, 2.24) is 0 Å². The molecular weight excluding hydrogens is 342 g/mol. The Bertz CT molecular complexity index is 824. The first-order chi connectivity index (χ1) is 11.9. The molecule has 7 heteroatoms. The number of hydrogen-bond acceptors (Lipinski definition) is 5. The maximum absolute atomic E-state index is 12.1. The molecule has 0 amide bonds. The molecule has 0 aliphatic carbocycles. The van der Waals surface area contributed by atoms with Crippen molar-refractivity contribution in [2.45, 2.75) is 30.3 Å². The Morgan fingerprint density at radius 3 is 2.76 bits per heavy atom. The van der Waals surface area contributed by atoms with E-state index in [1.807, 2.05) is 13.0 Å². The van der Waals surface area contributed by atoms with Gasteiger partial charge in [-0.3, -0.25) is 0 Å². The van der Waals surface area contributed by atoms with Crippen LogP contribution in [0.2, 0.25) is 0 Å². The molecule has 2 aromatic rings. The van der Waals surface area contributed by atoms with Crippen LogP contribution in [0, 0.1) is 0 Å². The third-order valence-corrected chi connectivity index (χ3v) is 4.91. The molecule has 3 rings (SSSR count). The summed E-state index contributed by atoms with van der Waals surface area (Å²) in [6.07, 6.45) is 1.25. The minimum Gasteiger partial charge on any atom is -0.484 e. The molecule has 25 heavy (non-hydrogen) atoms. The van der Waals surface area contributed by atoms with Crippen molar-refractivity contribution >= 4 is 22.7 Å². The molecule has 2 unspecified atom stereocenters. The second-order valence-corrected chi connectivity index (χ2v) is 7.18. The summed E-state index contributed by atoms with van der Waals surface area (Å²) in [5, 5.41) is 0. The van der Waals surface area contributed by atoms with Crippen LogP contribution in [0.3, 0.4) is 0 Å². The van der Waals surface area contributed by atoms with Crippen molar-refractivity contribution in [3.8, 4) is 5.75 Å². The predicted molar refractivity (Wildman–Crippen MR) is 94.0 cm³/mol. The minimum absolute atomic E-state index is 0.105. The fourth-order valence-corrected chi connectivity index (χ4v) is 3.26. The zero-order chi connectivity index (χ0) is 18.0. The van der Waals surface area contributed by atoms with Gasteiger partial charge in [-0.1, -0.05) is 18.2 Å². The highest BCUT2D eigenvalue weighted by Gasteiger charge is 2.34. The molecule has 1 aliphatic rings. The fourth-order valence-electron chi connectivity index (χ4n) is 2.75. The van der Waals surface area contributed by atoms with Gasteiger partial charge >= 0.3 is 5.97 Å². The first-order valence-corrected chi connectivity index (χ1v) is 8.93. The van der Waals surface area contributed by atoms with Gasteiger partial charge in [-0.05, 0) is 43.5 Å². The molecule has 0 radical (unpaired) electrons. The Labute approximate surface area is 148 Å². The van der Waals surface area contributed by atoms with E-state index in [0.29, 0.717) is 24.2 Å². The molecule has 2 atom stereocenters. The third kappa shape index (κ3) is 3.83. The van der Waals surface area contributed by atoms with E-state index < -0.39 is 22.7 Å². The Hall–Kier alpha value is -2.38. The van der Waals surface area contributed by atoms with E-state index in [2.05, 4.69) is 0 Å². The van der Waals surface area contributed by atoms with Crippen LogP contribution in [0.25, 0.3) is 0 Å². The molecule has 1 aliphatic heterocycles. The van der Waals surface area contributed by atoms with Crippen LogP contribution in [0.4, 0.5) is 5.69 Å². The van der Waals surface area contributed by atoms with Crippen LogP contribution in [-0.4, -0.2) is 26.9 Å². The first-order valence-electron chi connectivity index (χ1n) is 7.82. The van der Waals surface area contributed by atoms with Crippen molar-refractivity contribution in [2.24, 2.45) is 0 Å². The van der Waals surface area contributed by atoms with E-state index in [0.717, 1.165) is 5.56 Å². The number of carbonyl (C=O) groups is 1. The third-order valence-electron chi connectivity index (χ3n) is 4.18. The molecular formula is C18H19NO5S. The minimum atomic E-state index is -2.14. The number of carbonyl (C=O) groups excluding carboxylic acids is 1. The Kier molecular flexibility index (Phi) is 4.78. The summed E-state index contributed by atoms with van der Waals surface area (Å²) in [6.45, 7) is 1.97. The van der Waals surface area contributed by atoms with Crippen LogP contribution in [-0.2, 0) is 22.2 Å². The maximum Gasteiger partial charge on any atom is 0.338 e. The summed E-state index contributed by atoms with van der Waals surface area (Å²) >= 11 is -2.14. The summed E-state index contributed by atoms with van der Waals surface area (Å²) in [6, 6.07) is 11.9.